The predicted molar refractivity (Wildman–Crippen MR) is 186 cm³/mol. The van der Waals surface area contributed by atoms with Gasteiger partial charge >= 0.3 is 5.97 Å². The van der Waals surface area contributed by atoms with Gasteiger partial charge in [0, 0.05) is 30.9 Å². The molecular formula is C37H56N4O7. The van der Waals surface area contributed by atoms with E-state index < -0.39 is 17.3 Å². The summed E-state index contributed by atoms with van der Waals surface area (Å²) in [6.07, 6.45) is 4.69. The zero-order valence-electron chi connectivity index (χ0n) is 30.4. The van der Waals surface area contributed by atoms with Crippen LogP contribution < -0.4 is 4.84 Å². The van der Waals surface area contributed by atoms with Crippen molar-refractivity contribution in [2.75, 3.05) is 19.8 Å². The van der Waals surface area contributed by atoms with Gasteiger partial charge in [0.1, 0.15) is 11.8 Å². The van der Waals surface area contributed by atoms with Gasteiger partial charge in [0.25, 0.3) is 0 Å². The summed E-state index contributed by atoms with van der Waals surface area (Å²) in [4.78, 5) is 35.5. The molecule has 266 valence electrons. The van der Waals surface area contributed by atoms with Crippen molar-refractivity contribution in [3.63, 3.8) is 0 Å². The van der Waals surface area contributed by atoms with E-state index in [1.165, 1.54) is 6.92 Å². The Morgan fingerprint density at radius 2 is 1.83 bits per heavy atom. The maximum Gasteiger partial charge on any atom is 0.309 e. The number of hydrogen-bond acceptors (Lipinski definition) is 9. The molecule has 11 nitrogen and oxygen atoms in total. The number of esters is 1. The van der Waals surface area contributed by atoms with E-state index in [2.05, 4.69) is 42.9 Å². The molecule has 0 bridgehead atoms. The fraction of sp³-hybridized carbons (Fsp3) is 0.649. The maximum absolute atomic E-state index is 13.1. The molecule has 1 N–H and O–H groups in total. The van der Waals surface area contributed by atoms with Gasteiger partial charge in [-0.05, 0) is 88.1 Å². The second-order valence-corrected chi connectivity index (χ2v) is 14.3. The van der Waals surface area contributed by atoms with Crippen molar-refractivity contribution in [2.45, 2.75) is 106 Å². The fourth-order valence-corrected chi connectivity index (χ4v) is 6.40. The highest BCUT2D eigenvalue weighted by Gasteiger charge is 2.40. The topological polar surface area (TPSA) is 134 Å². The van der Waals surface area contributed by atoms with E-state index in [0.717, 1.165) is 11.4 Å². The molecule has 11 heteroatoms. The van der Waals surface area contributed by atoms with E-state index in [0.29, 0.717) is 37.3 Å². The number of carbonyl (C=O) groups excluding carboxylic acids is 2. The first kappa shape index (κ1) is 39.0. The van der Waals surface area contributed by atoms with Gasteiger partial charge in [0.05, 0.1) is 42.6 Å². The SMILES string of the molecule is CC[C@@H](OC(=O)C(C)C[C@H](C)[C@@H](C)[C@@]1(C)C[C@@H](C)C(=NC(C)=O)C(C)COC/C(=N\Oc2ccc(-n3cccn3)cc2)CO1)C(C)(C)O. The largest absolute Gasteiger partial charge is 0.459 e. The van der Waals surface area contributed by atoms with Gasteiger partial charge < -0.3 is 24.2 Å². The molecule has 1 aromatic carbocycles. The second kappa shape index (κ2) is 17.3. The van der Waals surface area contributed by atoms with E-state index in [1.807, 2.05) is 57.3 Å². The molecule has 0 spiro atoms. The van der Waals surface area contributed by atoms with Crippen LogP contribution in [0, 0.1) is 29.6 Å². The van der Waals surface area contributed by atoms with Crippen LogP contribution in [0.15, 0.2) is 52.9 Å². The molecule has 1 aliphatic heterocycles. The van der Waals surface area contributed by atoms with E-state index in [4.69, 9.17) is 19.0 Å². The van der Waals surface area contributed by atoms with Crippen molar-refractivity contribution in [1.29, 1.82) is 0 Å². The van der Waals surface area contributed by atoms with Gasteiger partial charge in [-0.15, -0.1) is 0 Å². The van der Waals surface area contributed by atoms with Crippen molar-refractivity contribution >= 4 is 23.3 Å². The fourth-order valence-electron chi connectivity index (χ4n) is 6.40. The third-order valence-corrected chi connectivity index (χ3v) is 9.46. The first-order chi connectivity index (χ1) is 22.5. The molecule has 1 aromatic heterocycles. The van der Waals surface area contributed by atoms with E-state index in [-0.39, 0.29) is 54.7 Å². The molecule has 2 heterocycles. The standard InChI is InChI=1S/C37H56N4O7/c1-11-33(36(8,9)44)47-35(43)25(3)19-24(2)28(6)37(10)20-26(4)34(39-29(7)42)27(5)21-45-22-30(23-46-37)40-48-32-15-13-31(14-16-32)41-18-12-17-38-41/h12-18,24-28,33,44H,11,19-23H2,1-10H3/b39-34?,40-30+/t24-,25?,26+,27?,28+,33+,37+/m0/s1. The van der Waals surface area contributed by atoms with Crippen molar-refractivity contribution in [3.05, 3.63) is 42.7 Å². The highest BCUT2D eigenvalue weighted by atomic mass is 16.6. The number of nitrogens with zero attached hydrogens (tertiary/aromatic N) is 4. The molecule has 1 amide bonds. The number of carbonyl (C=O) groups is 2. The minimum absolute atomic E-state index is 0.0148. The molecule has 3 rings (SSSR count). The molecule has 0 radical (unpaired) electrons. The lowest BCUT2D eigenvalue weighted by Crippen LogP contribution is -2.44. The Kier molecular flexibility index (Phi) is 14.1. The summed E-state index contributed by atoms with van der Waals surface area (Å²) in [5.41, 5.74) is 0.451. The van der Waals surface area contributed by atoms with Crippen LogP contribution >= 0.6 is 0 Å². The summed E-state index contributed by atoms with van der Waals surface area (Å²) in [5.74, 6) is -0.524. The number of oxime groups is 1. The molecule has 0 saturated carbocycles. The van der Waals surface area contributed by atoms with Crippen molar-refractivity contribution in [2.24, 2.45) is 39.7 Å². The average molecular weight is 669 g/mol. The minimum Gasteiger partial charge on any atom is -0.459 e. The van der Waals surface area contributed by atoms with Gasteiger partial charge in [-0.2, -0.15) is 5.10 Å². The number of benzene rings is 1. The zero-order chi connectivity index (χ0) is 35.6. The van der Waals surface area contributed by atoms with Crippen LogP contribution in [0.25, 0.3) is 5.69 Å². The molecule has 0 aliphatic carbocycles. The summed E-state index contributed by atoms with van der Waals surface area (Å²) in [6, 6.07) is 9.31. The smallest absolute Gasteiger partial charge is 0.309 e. The molecule has 7 atom stereocenters. The normalized spacial score (nSPS) is 25.5. The quantitative estimate of drug-likeness (QED) is 0.213. The van der Waals surface area contributed by atoms with Gasteiger partial charge in [0.2, 0.25) is 5.91 Å². The van der Waals surface area contributed by atoms with Gasteiger partial charge in [-0.25, -0.2) is 9.67 Å². The Morgan fingerprint density at radius 3 is 2.42 bits per heavy atom. The van der Waals surface area contributed by atoms with Crippen LogP contribution in [0.1, 0.15) is 88.5 Å². The number of hydrogen-bond donors (Lipinski definition) is 1. The van der Waals surface area contributed by atoms with E-state index >= 15 is 0 Å². The summed E-state index contributed by atoms with van der Waals surface area (Å²) in [6.45, 7) is 19.7. The lowest BCUT2D eigenvalue weighted by Gasteiger charge is -2.41. The first-order valence-corrected chi connectivity index (χ1v) is 17.1. The summed E-state index contributed by atoms with van der Waals surface area (Å²) >= 11 is 0. The third-order valence-electron chi connectivity index (χ3n) is 9.46. The van der Waals surface area contributed by atoms with Crippen LogP contribution in [-0.2, 0) is 23.8 Å². The van der Waals surface area contributed by atoms with Gasteiger partial charge in [-0.3, -0.25) is 9.59 Å². The summed E-state index contributed by atoms with van der Waals surface area (Å²) in [7, 11) is 0. The van der Waals surface area contributed by atoms with Gasteiger partial charge in [0.15, 0.2) is 5.75 Å². The number of rotatable bonds is 11. The molecule has 48 heavy (non-hydrogen) atoms. The molecule has 2 unspecified atom stereocenters. The third kappa shape index (κ3) is 11.1. The number of aliphatic imine (C=N–C) groups is 1. The van der Waals surface area contributed by atoms with Crippen LogP contribution in [-0.4, -0.2) is 75.3 Å². The van der Waals surface area contributed by atoms with E-state index in [1.54, 1.807) is 24.7 Å². The Labute approximate surface area is 286 Å². The lowest BCUT2D eigenvalue weighted by molar-refractivity contribution is -0.167. The first-order valence-electron chi connectivity index (χ1n) is 17.1. The van der Waals surface area contributed by atoms with Crippen LogP contribution in [0.3, 0.4) is 0 Å². The Balaban J connectivity index is 1.83. The zero-order valence-corrected chi connectivity index (χ0v) is 30.4. The van der Waals surface area contributed by atoms with Crippen LogP contribution in [0.5, 0.6) is 5.75 Å². The minimum atomic E-state index is -1.12. The number of aliphatic hydroxyl groups is 1. The lowest BCUT2D eigenvalue weighted by atomic mass is 9.72. The number of ether oxygens (including phenoxy) is 3. The molecular weight excluding hydrogens is 612 g/mol. The number of amides is 1. The highest BCUT2D eigenvalue weighted by molar-refractivity contribution is 5.97. The average Bonchev–Trinajstić information content (AvgIpc) is 3.57. The van der Waals surface area contributed by atoms with Crippen molar-refractivity contribution < 1.29 is 33.7 Å². The van der Waals surface area contributed by atoms with Crippen LogP contribution in [0.2, 0.25) is 0 Å². The Morgan fingerprint density at radius 1 is 1.15 bits per heavy atom. The molecule has 1 fully saturated rings. The molecule has 1 saturated heterocycles. The highest BCUT2D eigenvalue weighted by Crippen LogP contribution is 2.38. The van der Waals surface area contributed by atoms with E-state index in [9.17, 15) is 14.7 Å². The summed E-state index contributed by atoms with van der Waals surface area (Å²) < 4.78 is 20.3. The maximum atomic E-state index is 13.1. The van der Waals surface area contributed by atoms with Crippen molar-refractivity contribution in [1.82, 2.24) is 9.78 Å². The predicted octanol–water partition coefficient (Wildman–Crippen LogP) is 6.45. The number of aromatic nitrogens is 2. The van der Waals surface area contributed by atoms with Gasteiger partial charge in [-0.1, -0.05) is 46.7 Å². The Bertz CT molecular complexity index is 1380. The Hall–Kier alpha value is -3.41. The van der Waals surface area contributed by atoms with Crippen LogP contribution in [0.4, 0.5) is 0 Å². The molecule has 2 aromatic rings. The monoisotopic (exact) mass is 668 g/mol. The van der Waals surface area contributed by atoms with Crippen molar-refractivity contribution in [3.8, 4) is 11.4 Å². The second-order valence-electron chi connectivity index (χ2n) is 14.3. The summed E-state index contributed by atoms with van der Waals surface area (Å²) in [5, 5.41) is 19.1. The molecule has 1 aliphatic rings.